The van der Waals surface area contributed by atoms with Gasteiger partial charge in [-0.2, -0.15) is 4.98 Å². The van der Waals surface area contributed by atoms with Crippen molar-refractivity contribution in [1.82, 2.24) is 19.5 Å². The van der Waals surface area contributed by atoms with E-state index in [1.165, 1.54) is 4.57 Å². The Hall–Kier alpha value is -2.21. The summed E-state index contributed by atoms with van der Waals surface area (Å²) in [4.78, 5) is 25.4. The Labute approximate surface area is 154 Å². The van der Waals surface area contributed by atoms with Gasteiger partial charge in [0.2, 0.25) is 11.9 Å². The molecule has 0 aromatic carbocycles. The van der Waals surface area contributed by atoms with E-state index >= 15 is 0 Å². The molecule has 2 aromatic heterocycles. The zero-order valence-electron chi connectivity index (χ0n) is 14.9. The van der Waals surface area contributed by atoms with Crippen LogP contribution in [0, 0.1) is 5.92 Å². The van der Waals surface area contributed by atoms with Gasteiger partial charge in [0.25, 0.3) is 5.56 Å². The van der Waals surface area contributed by atoms with Gasteiger partial charge in [0.15, 0.2) is 17.4 Å². The first-order valence-electron chi connectivity index (χ1n) is 9.05. The Kier molecular flexibility index (Phi) is 4.54. The van der Waals surface area contributed by atoms with Crippen LogP contribution in [0.1, 0.15) is 26.0 Å². The molecule has 2 saturated heterocycles. The second-order valence-electron chi connectivity index (χ2n) is 7.30. The number of nitrogens with one attached hydrogen (secondary N) is 1. The SMILES string of the molecule is CC1CCN(c2nc3c(=O)[nH]c(N)nc3n2[C@@H]2O[C@@H](CO)[C@@H](O)[C@@H]2O)CC1. The summed E-state index contributed by atoms with van der Waals surface area (Å²) in [5.74, 6) is 0.930. The highest BCUT2D eigenvalue weighted by Gasteiger charge is 2.45. The van der Waals surface area contributed by atoms with Crippen LogP contribution >= 0.6 is 0 Å². The normalized spacial score (nSPS) is 29.7. The molecular formula is C16H24N6O5. The molecule has 11 nitrogen and oxygen atoms in total. The minimum atomic E-state index is -1.32. The van der Waals surface area contributed by atoms with E-state index in [0.717, 1.165) is 25.9 Å². The van der Waals surface area contributed by atoms with E-state index in [1.54, 1.807) is 0 Å². The topological polar surface area (TPSA) is 163 Å². The van der Waals surface area contributed by atoms with Crippen LogP contribution in [0.25, 0.3) is 11.2 Å². The van der Waals surface area contributed by atoms with Crippen molar-refractivity contribution in [3.63, 3.8) is 0 Å². The predicted octanol–water partition coefficient (Wildman–Crippen LogP) is -1.45. The molecule has 4 rings (SSSR count). The van der Waals surface area contributed by atoms with Crippen molar-refractivity contribution in [1.29, 1.82) is 0 Å². The summed E-state index contributed by atoms with van der Waals surface area (Å²) in [5.41, 5.74) is 5.45. The number of imidazole rings is 1. The Morgan fingerprint density at radius 3 is 2.59 bits per heavy atom. The molecule has 2 aliphatic rings. The minimum absolute atomic E-state index is 0.0792. The maximum atomic E-state index is 12.3. The third-order valence-electron chi connectivity index (χ3n) is 5.39. The fourth-order valence-electron chi connectivity index (χ4n) is 3.75. The highest BCUT2D eigenvalue weighted by atomic mass is 16.6. The lowest BCUT2D eigenvalue weighted by molar-refractivity contribution is -0.0505. The number of aromatic amines is 1. The number of nitrogens with zero attached hydrogens (tertiary/aromatic N) is 4. The number of aromatic nitrogens is 4. The van der Waals surface area contributed by atoms with Crippen molar-refractivity contribution in [3.8, 4) is 0 Å². The van der Waals surface area contributed by atoms with E-state index in [-0.39, 0.29) is 17.1 Å². The number of rotatable bonds is 3. The molecule has 0 unspecified atom stereocenters. The second-order valence-corrected chi connectivity index (χ2v) is 7.30. The first kappa shape index (κ1) is 18.2. The van der Waals surface area contributed by atoms with Crippen LogP contribution in [-0.2, 0) is 4.74 Å². The molecule has 0 radical (unpaired) electrons. The maximum absolute atomic E-state index is 12.3. The van der Waals surface area contributed by atoms with Crippen LogP contribution in [0.4, 0.5) is 11.9 Å². The first-order chi connectivity index (χ1) is 12.9. The molecule has 2 aromatic rings. The number of H-pyrrole nitrogens is 1. The number of nitrogen functional groups attached to an aromatic ring is 1. The number of aliphatic hydroxyl groups excluding tert-OH is 3. The summed E-state index contributed by atoms with van der Waals surface area (Å²) in [6, 6.07) is 0. The number of aliphatic hydroxyl groups is 3. The molecular weight excluding hydrogens is 356 g/mol. The predicted molar refractivity (Wildman–Crippen MR) is 96.2 cm³/mol. The number of hydrogen-bond donors (Lipinski definition) is 5. The van der Waals surface area contributed by atoms with Crippen molar-refractivity contribution < 1.29 is 20.1 Å². The van der Waals surface area contributed by atoms with Crippen molar-refractivity contribution in [3.05, 3.63) is 10.4 Å². The summed E-state index contributed by atoms with van der Waals surface area (Å²) in [5, 5.41) is 30.0. The number of piperidine rings is 1. The van der Waals surface area contributed by atoms with Crippen LogP contribution < -0.4 is 16.2 Å². The van der Waals surface area contributed by atoms with Crippen molar-refractivity contribution in [2.75, 3.05) is 30.3 Å². The van der Waals surface area contributed by atoms with Gasteiger partial charge in [0.1, 0.15) is 18.3 Å². The molecule has 4 atom stereocenters. The molecule has 2 aliphatic heterocycles. The molecule has 0 saturated carbocycles. The molecule has 4 heterocycles. The smallest absolute Gasteiger partial charge is 0.280 e. The number of hydrogen-bond acceptors (Lipinski definition) is 9. The molecule has 148 valence electrons. The highest BCUT2D eigenvalue weighted by Crippen LogP contribution is 2.36. The number of nitrogens with two attached hydrogens (primary N) is 1. The van der Waals surface area contributed by atoms with Gasteiger partial charge in [-0.25, -0.2) is 4.98 Å². The standard InChI is InChI=1S/C16H24N6O5/c1-7-2-4-21(5-3-7)16-18-9-12(19-15(17)20-13(9)26)22(16)14-11(25)10(24)8(6-23)27-14/h7-8,10-11,14,23-25H,2-6H2,1H3,(H3,17,19,20,26)/t8-,10+,11-,14+/m0/s1. The van der Waals surface area contributed by atoms with Gasteiger partial charge in [0.05, 0.1) is 6.61 Å². The van der Waals surface area contributed by atoms with Gasteiger partial charge in [-0.3, -0.25) is 14.3 Å². The molecule has 0 amide bonds. The third-order valence-corrected chi connectivity index (χ3v) is 5.39. The molecule has 11 heteroatoms. The van der Waals surface area contributed by atoms with Gasteiger partial charge in [-0.1, -0.05) is 6.92 Å². The van der Waals surface area contributed by atoms with Crippen molar-refractivity contribution in [2.24, 2.45) is 5.92 Å². The monoisotopic (exact) mass is 380 g/mol. The van der Waals surface area contributed by atoms with Crippen LogP contribution in [0.15, 0.2) is 4.79 Å². The van der Waals surface area contributed by atoms with E-state index in [1.807, 2.05) is 4.90 Å². The average Bonchev–Trinajstić information content (AvgIpc) is 3.14. The fraction of sp³-hybridized carbons (Fsp3) is 0.688. The maximum Gasteiger partial charge on any atom is 0.280 e. The van der Waals surface area contributed by atoms with Gasteiger partial charge in [-0.05, 0) is 18.8 Å². The largest absolute Gasteiger partial charge is 0.394 e. The summed E-state index contributed by atoms with van der Waals surface area (Å²) < 4.78 is 7.17. The summed E-state index contributed by atoms with van der Waals surface area (Å²) in [7, 11) is 0. The Morgan fingerprint density at radius 1 is 1.26 bits per heavy atom. The first-order valence-corrected chi connectivity index (χ1v) is 9.05. The van der Waals surface area contributed by atoms with Gasteiger partial charge in [-0.15, -0.1) is 0 Å². The van der Waals surface area contributed by atoms with Crippen LogP contribution in [0.5, 0.6) is 0 Å². The lowest BCUT2D eigenvalue weighted by Crippen LogP contribution is -2.37. The van der Waals surface area contributed by atoms with Crippen molar-refractivity contribution >= 4 is 23.1 Å². The lowest BCUT2D eigenvalue weighted by atomic mass is 10.00. The molecule has 27 heavy (non-hydrogen) atoms. The Balaban J connectivity index is 1.86. The molecule has 0 spiro atoms. The van der Waals surface area contributed by atoms with Crippen LogP contribution in [0.3, 0.4) is 0 Å². The number of ether oxygens (including phenoxy) is 1. The van der Waals surface area contributed by atoms with E-state index in [9.17, 15) is 20.1 Å². The van der Waals surface area contributed by atoms with Crippen molar-refractivity contribution in [2.45, 2.75) is 44.3 Å². The molecule has 0 bridgehead atoms. The molecule has 0 aliphatic carbocycles. The lowest BCUT2D eigenvalue weighted by Gasteiger charge is -2.32. The van der Waals surface area contributed by atoms with Gasteiger partial charge in [0, 0.05) is 13.1 Å². The van der Waals surface area contributed by atoms with Crippen LogP contribution in [-0.4, -0.2) is 72.8 Å². The third kappa shape index (κ3) is 2.96. The van der Waals surface area contributed by atoms with E-state index < -0.39 is 36.7 Å². The Morgan fingerprint density at radius 2 is 1.96 bits per heavy atom. The number of anilines is 2. The summed E-state index contributed by atoms with van der Waals surface area (Å²) >= 11 is 0. The summed E-state index contributed by atoms with van der Waals surface area (Å²) in [6.07, 6.45) is -2.66. The quantitative estimate of drug-likeness (QED) is 0.428. The van der Waals surface area contributed by atoms with E-state index in [4.69, 9.17) is 10.5 Å². The van der Waals surface area contributed by atoms with Crippen LogP contribution in [0.2, 0.25) is 0 Å². The highest BCUT2D eigenvalue weighted by molar-refractivity contribution is 5.75. The zero-order valence-corrected chi connectivity index (χ0v) is 14.9. The zero-order chi connectivity index (χ0) is 19.3. The minimum Gasteiger partial charge on any atom is -0.394 e. The Bertz CT molecular complexity index is 889. The van der Waals surface area contributed by atoms with Gasteiger partial charge >= 0.3 is 0 Å². The average molecular weight is 380 g/mol. The van der Waals surface area contributed by atoms with E-state index in [2.05, 4.69) is 21.9 Å². The summed E-state index contributed by atoms with van der Waals surface area (Å²) in [6.45, 7) is 3.19. The molecule has 2 fully saturated rings. The van der Waals surface area contributed by atoms with Gasteiger partial charge < -0.3 is 30.7 Å². The second kappa shape index (κ2) is 6.75. The fourth-order valence-corrected chi connectivity index (χ4v) is 3.75. The number of fused-ring (bicyclic) bond motifs is 1. The molecule has 6 N–H and O–H groups in total. The van der Waals surface area contributed by atoms with E-state index in [0.29, 0.717) is 11.9 Å².